The highest BCUT2D eigenvalue weighted by Gasteiger charge is 2.00. The Labute approximate surface area is 171 Å². The lowest BCUT2D eigenvalue weighted by atomic mass is 10.0. The van der Waals surface area contributed by atoms with Crippen molar-refractivity contribution in [2.75, 3.05) is 0 Å². The number of hydrogen-bond donors (Lipinski definition) is 0. The standard InChI is InChI=1S/C26H50O/c1-3-5-7-9-11-13-14-15-17-19-21-23-25-26(27)24-22-20-18-16-12-10-8-6-4-2/h19,21H,3-18,20,22-25H2,1-2H3/b21-19+. The van der Waals surface area contributed by atoms with E-state index in [1.165, 1.54) is 109 Å². The van der Waals surface area contributed by atoms with Gasteiger partial charge in [0.1, 0.15) is 5.78 Å². The third-order valence-corrected chi connectivity index (χ3v) is 5.54. The van der Waals surface area contributed by atoms with Gasteiger partial charge in [-0.25, -0.2) is 0 Å². The molecule has 0 saturated heterocycles. The lowest BCUT2D eigenvalue weighted by Crippen LogP contribution is -1.96. The largest absolute Gasteiger partial charge is 0.300 e. The summed E-state index contributed by atoms with van der Waals surface area (Å²) in [5.41, 5.74) is 0. The topological polar surface area (TPSA) is 17.1 Å². The first-order valence-corrected chi connectivity index (χ1v) is 12.5. The van der Waals surface area contributed by atoms with Gasteiger partial charge in [-0.3, -0.25) is 4.79 Å². The third kappa shape index (κ3) is 23.4. The van der Waals surface area contributed by atoms with Crippen molar-refractivity contribution in [2.24, 2.45) is 0 Å². The lowest BCUT2D eigenvalue weighted by Gasteiger charge is -2.02. The average molecular weight is 379 g/mol. The maximum atomic E-state index is 11.9. The first kappa shape index (κ1) is 26.4. The normalized spacial score (nSPS) is 11.5. The van der Waals surface area contributed by atoms with Crippen LogP contribution in [0.5, 0.6) is 0 Å². The van der Waals surface area contributed by atoms with Crippen LogP contribution in [0.4, 0.5) is 0 Å². The Balaban J connectivity index is 3.23. The Morgan fingerprint density at radius 2 is 0.889 bits per heavy atom. The molecule has 0 atom stereocenters. The van der Waals surface area contributed by atoms with E-state index in [2.05, 4.69) is 26.0 Å². The van der Waals surface area contributed by atoms with Crippen LogP contribution in [0.2, 0.25) is 0 Å². The van der Waals surface area contributed by atoms with Crippen LogP contribution in [0.3, 0.4) is 0 Å². The molecule has 0 unspecified atom stereocenters. The summed E-state index contributed by atoms with van der Waals surface area (Å²) in [6.07, 6.45) is 31.3. The Hall–Kier alpha value is -0.590. The molecule has 0 N–H and O–H groups in total. The smallest absolute Gasteiger partial charge is 0.133 e. The maximum Gasteiger partial charge on any atom is 0.133 e. The van der Waals surface area contributed by atoms with Crippen molar-refractivity contribution in [3.05, 3.63) is 12.2 Å². The number of rotatable bonds is 22. The van der Waals surface area contributed by atoms with Crippen LogP contribution in [0.1, 0.15) is 149 Å². The van der Waals surface area contributed by atoms with Gasteiger partial charge in [0.2, 0.25) is 0 Å². The lowest BCUT2D eigenvalue weighted by molar-refractivity contribution is -0.119. The fourth-order valence-electron chi connectivity index (χ4n) is 3.63. The van der Waals surface area contributed by atoms with Gasteiger partial charge in [0.15, 0.2) is 0 Å². The summed E-state index contributed by atoms with van der Waals surface area (Å²) >= 11 is 0. The molecule has 1 heteroatoms. The Kier molecular flexibility index (Phi) is 22.9. The molecular formula is C26H50O. The minimum atomic E-state index is 0.467. The maximum absolute atomic E-state index is 11.9. The molecule has 160 valence electrons. The molecule has 0 bridgehead atoms. The van der Waals surface area contributed by atoms with Gasteiger partial charge in [-0.15, -0.1) is 0 Å². The SMILES string of the molecule is CCCCCCCCCC/C=C/CCC(=O)CCCCCCCCCCC. The summed E-state index contributed by atoms with van der Waals surface area (Å²) in [7, 11) is 0. The van der Waals surface area contributed by atoms with Crippen molar-refractivity contribution in [3.63, 3.8) is 0 Å². The first-order valence-electron chi connectivity index (χ1n) is 12.5. The molecule has 0 saturated carbocycles. The number of allylic oxidation sites excluding steroid dienone is 2. The summed E-state index contributed by atoms with van der Waals surface area (Å²) in [5, 5.41) is 0. The number of carbonyl (C=O) groups excluding carboxylic acids is 1. The number of Topliss-reactive ketones (excluding diaryl/α,β-unsaturated/α-hetero) is 1. The zero-order valence-corrected chi connectivity index (χ0v) is 18.9. The predicted octanol–water partition coefficient (Wildman–Crippen LogP) is 9.34. The number of ketones is 1. The van der Waals surface area contributed by atoms with Crippen LogP contribution in [0, 0.1) is 0 Å². The van der Waals surface area contributed by atoms with Gasteiger partial charge < -0.3 is 0 Å². The van der Waals surface area contributed by atoms with Crippen molar-refractivity contribution in [3.8, 4) is 0 Å². The molecule has 0 aromatic heterocycles. The van der Waals surface area contributed by atoms with E-state index < -0.39 is 0 Å². The van der Waals surface area contributed by atoms with Crippen LogP contribution >= 0.6 is 0 Å². The molecule has 0 aliphatic heterocycles. The van der Waals surface area contributed by atoms with Crippen LogP contribution in [-0.4, -0.2) is 5.78 Å². The van der Waals surface area contributed by atoms with Crippen LogP contribution in [0.25, 0.3) is 0 Å². The molecule has 0 heterocycles. The van der Waals surface area contributed by atoms with Gasteiger partial charge in [0.05, 0.1) is 0 Å². The molecule has 0 spiro atoms. The molecule has 0 radical (unpaired) electrons. The molecule has 27 heavy (non-hydrogen) atoms. The Morgan fingerprint density at radius 1 is 0.481 bits per heavy atom. The van der Waals surface area contributed by atoms with Crippen LogP contribution in [-0.2, 0) is 4.79 Å². The zero-order chi connectivity index (χ0) is 19.8. The molecule has 0 amide bonds. The van der Waals surface area contributed by atoms with Crippen molar-refractivity contribution < 1.29 is 4.79 Å². The first-order chi connectivity index (χ1) is 13.3. The number of hydrogen-bond acceptors (Lipinski definition) is 1. The average Bonchev–Trinajstić information content (AvgIpc) is 2.67. The van der Waals surface area contributed by atoms with E-state index in [4.69, 9.17) is 0 Å². The summed E-state index contributed by atoms with van der Waals surface area (Å²) in [6.45, 7) is 4.54. The van der Waals surface area contributed by atoms with E-state index >= 15 is 0 Å². The highest BCUT2D eigenvalue weighted by molar-refractivity contribution is 5.78. The van der Waals surface area contributed by atoms with E-state index in [1.54, 1.807) is 0 Å². The van der Waals surface area contributed by atoms with E-state index in [9.17, 15) is 4.79 Å². The van der Waals surface area contributed by atoms with E-state index in [-0.39, 0.29) is 0 Å². The van der Waals surface area contributed by atoms with Gasteiger partial charge in [0.25, 0.3) is 0 Å². The fourth-order valence-corrected chi connectivity index (χ4v) is 3.63. The van der Waals surface area contributed by atoms with Gasteiger partial charge in [0, 0.05) is 12.8 Å². The highest BCUT2D eigenvalue weighted by Crippen LogP contribution is 2.12. The molecule has 0 aliphatic carbocycles. The summed E-state index contributed by atoms with van der Waals surface area (Å²) < 4.78 is 0. The predicted molar refractivity (Wildman–Crippen MR) is 122 cm³/mol. The van der Waals surface area contributed by atoms with Crippen molar-refractivity contribution in [1.82, 2.24) is 0 Å². The molecule has 0 aliphatic rings. The van der Waals surface area contributed by atoms with Gasteiger partial charge >= 0.3 is 0 Å². The second-order valence-electron chi connectivity index (χ2n) is 8.39. The Morgan fingerprint density at radius 3 is 1.41 bits per heavy atom. The fraction of sp³-hybridized carbons (Fsp3) is 0.885. The van der Waals surface area contributed by atoms with Crippen molar-refractivity contribution in [1.29, 1.82) is 0 Å². The quantitative estimate of drug-likeness (QED) is 0.135. The van der Waals surface area contributed by atoms with Crippen molar-refractivity contribution in [2.45, 2.75) is 149 Å². The molecular weight excluding hydrogens is 328 g/mol. The van der Waals surface area contributed by atoms with Gasteiger partial charge in [-0.2, -0.15) is 0 Å². The zero-order valence-electron chi connectivity index (χ0n) is 18.9. The number of unbranched alkanes of at least 4 members (excludes halogenated alkanes) is 16. The van der Waals surface area contributed by atoms with E-state index in [0.717, 1.165) is 25.7 Å². The number of carbonyl (C=O) groups is 1. The van der Waals surface area contributed by atoms with E-state index in [1.807, 2.05) is 0 Å². The molecule has 0 fully saturated rings. The van der Waals surface area contributed by atoms with Crippen LogP contribution < -0.4 is 0 Å². The summed E-state index contributed by atoms with van der Waals surface area (Å²) in [5.74, 6) is 0.467. The summed E-state index contributed by atoms with van der Waals surface area (Å²) in [4.78, 5) is 11.9. The minimum absolute atomic E-state index is 0.467. The van der Waals surface area contributed by atoms with Crippen LogP contribution in [0.15, 0.2) is 12.2 Å². The molecule has 0 rings (SSSR count). The Bertz CT molecular complexity index is 318. The monoisotopic (exact) mass is 378 g/mol. The second-order valence-corrected chi connectivity index (χ2v) is 8.39. The minimum Gasteiger partial charge on any atom is -0.300 e. The third-order valence-electron chi connectivity index (χ3n) is 5.54. The highest BCUT2D eigenvalue weighted by atomic mass is 16.1. The van der Waals surface area contributed by atoms with Gasteiger partial charge in [-0.1, -0.05) is 122 Å². The second kappa shape index (κ2) is 23.4. The van der Waals surface area contributed by atoms with Crippen molar-refractivity contribution >= 4 is 5.78 Å². The molecule has 0 aromatic carbocycles. The van der Waals surface area contributed by atoms with Gasteiger partial charge in [-0.05, 0) is 25.7 Å². The summed E-state index contributed by atoms with van der Waals surface area (Å²) in [6, 6.07) is 0. The molecule has 1 nitrogen and oxygen atoms in total. The van der Waals surface area contributed by atoms with E-state index in [0.29, 0.717) is 5.78 Å². The molecule has 0 aromatic rings.